The molecule has 2 aliphatic heterocycles. The standard InChI is InChI=1S/C20H28O4/c1-19(2)16-5-4-12-11-24-15(13-7-9-23-18(13)22)10-14(12)20(16,3)8-6-17(19)21/h7,15-17,21H,4-6,8-11H2,1-3H3/t15-,16-,17+,20-/m1/s1. The molecule has 4 heteroatoms. The Hall–Kier alpha value is -1.13. The largest absolute Gasteiger partial charge is 0.458 e. The van der Waals surface area contributed by atoms with Crippen molar-refractivity contribution in [3.63, 3.8) is 0 Å². The SMILES string of the molecule is CC1(C)[C@H]2CCC3=C(C[C@H](C4=CCOC4=O)OC3)[C@@]2(C)CC[C@@H]1O. The van der Waals surface area contributed by atoms with Gasteiger partial charge in [0.25, 0.3) is 0 Å². The van der Waals surface area contributed by atoms with Crippen LogP contribution in [0.2, 0.25) is 0 Å². The van der Waals surface area contributed by atoms with Gasteiger partial charge in [0, 0.05) is 0 Å². The molecule has 1 fully saturated rings. The number of hydrogen-bond donors (Lipinski definition) is 1. The molecule has 4 aliphatic rings. The lowest BCUT2D eigenvalue weighted by molar-refractivity contribution is -0.137. The van der Waals surface area contributed by atoms with Crippen molar-refractivity contribution in [2.75, 3.05) is 13.2 Å². The number of hydrogen-bond acceptors (Lipinski definition) is 4. The first-order chi connectivity index (χ1) is 11.3. The van der Waals surface area contributed by atoms with Crippen LogP contribution < -0.4 is 0 Å². The van der Waals surface area contributed by atoms with E-state index in [0.29, 0.717) is 24.7 Å². The molecule has 1 N–H and O–H groups in total. The van der Waals surface area contributed by atoms with Crippen molar-refractivity contribution in [3.05, 3.63) is 22.8 Å². The Bertz CT molecular complexity index is 630. The molecule has 0 aromatic rings. The van der Waals surface area contributed by atoms with Crippen LogP contribution in [-0.4, -0.2) is 36.5 Å². The number of carbonyl (C=O) groups is 1. The van der Waals surface area contributed by atoms with Crippen LogP contribution >= 0.6 is 0 Å². The number of rotatable bonds is 1. The molecule has 4 rings (SSSR count). The highest BCUT2D eigenvalue weighted by Crippen LogP contribution is 2.61. The van der Waals surface area contributed by atoms with Crippen LogP contribution in [-0.2, 0) is 14.3 Å². The molecule has 0 bridgehead atoms. The third-order valence-electron chi connectivity index (χ3n) is 7.26. The summed E-state index contributed by atoms with van der Waals surface area (Å²) in [4.78, 5) is 11.9. The van der Waals surface area contributed by atoms with E-state index in [1.165, 1.54) is 11.1 Å². The highest BCUT2D eigenvalue weighted by Gasteiger charge is 2.55. The molecule has 0 amide bonds. The van der Waals surface area contributed by atoms with Crippen LogP contribution in [0.25, 0.3) is 0 Å². The van der Waals surface area contributed by atoms with Crippen LogP contribution in [0.15, 0.2) is 22.8 Å². The van der Waals surface area contributed by atoms with E-state index in [-0.39, 0.29) is 29.0 Å². The lowest BCUT2D eigenvalue weighted by Crippen LogP contribution is -2.53. The summed E-state index contributed by atoms with van der Waals surface area (Å²) in [5, 5.41) is 10.5. The Labute approximate surface area is 143 Å². The summed E-state index contributed by atoms with van der Waals surface area (Å²) in [5.74, 6) is 0.261. The van der Waals surface area contributed by atoms with E-state index < -0.39 is 0 Å². The molecule has 1 saturated carbocycles. The first-order valence-corrected chi connectivity index (χ1v) is 9.22. The van der Waals surface area contributed by atoms with Crippen molar-refractivity contribution >= 4 is 5.97 Å². The molecular formula is C20H28O4. The molecule has 132 valence electrons. The molecule has 4 nitrogen and oxygen atoms in total. The second kappa shape index (κ2) is 5.43. The Morgan fingerprint density at radius 2 is 2.04 bits per heavy atom. The predicted molar refractivity (Wildman–Crippen MR) is 90.3 cm³/mol. The quantitative estimate of drug-likeness (QED) is 0.592. The van der Waals surface area contributed by atoms with Crippen LogP contribution in [0.4, 0.5) is 0 Å². The highest BCUT2D eigenvalue weighted by atomic mass is 16.5. The van der Waals surface area contributed by atoms with Crippen molar-refractivity contribution in [3.8, 4) is 0 Å². The zero-order valence-electron chi connectivity index (χ0n) is 14.9. The molecule has 2 aliphatic carbocycles. The fraction of sp³-hybridized carbons (Fsp3) is 0.750. The maximum absolute atomic E-state index is 11.9. The summed E-state index contributed by atoms with van der Waals surface area (Å²) in [7, 11) is 0. The van der Waals surface area contributed by atoms with Crippen molar-refractivity contribution < 1.29 is 19.4 Å². The Balaban J connectivity index is 1.67. The van der Waals surface area contributed by atoms with E-state index in [0.717, 1.165) is 32.1 Å². The summed E-state index contributed by atoms with van der Waals surface area (Å²) in [6.07, 6.45) is 6.35. The van der Waals surface area contributed by atoms with E-state index in [1.54, 1.807) is 0 Å². The molecule has 4 atom stereocenters. The van der Waals surface area contributed by atoms with Crippen LogP contribution in [0.3, 0.4) is 0 Å². The number of aliphatic hydroxyl groups is 1. The topological polar surface area (TPSA) is 55.8 Å². The molecule has 24 heavy (non-hydrogen) atoms. The third kappa shape index (κ3) is 2.22. The van der Waals surface area contributed by atoms with Gasteiger partial charge in [-0.05, 0) is 60.5 Å². The minimum absolute atomic E-state index is 0.0646. The first kappa shape index (κ1) is 16.3. The number of cyclic esters (lactones) is 1. The zero-order chi connectivity index (χ0) is 17.1. The molecular weight excluding hydrogens is 304 g/mol. The van der Waals surface area contributed by atoms with Gasteiger partial charge in [-0.15, -0.1) is 0 Å². The molecule has 0 saturated heterocycles. The van der Waals surface area contributed by atoms with Crippen molar-refractivity contribution in [1.29, 1.82) is 0 Å². The molecule has 0 aromatic heterocycles. The van der Waals surface area contributed by atoms with Gasteiger partial charge in [0.15, 0.2) is 0 Å². The Morgan fingerprint density at radius 3 is 2.75 bits per heavy atom. The van der Waals surface area contributed by atoms with E-state index in [2.05, 4.69) is 20.8 Å². The molecule has 2 heterocycles. The molecule has 0 spiro atoms. The fourth-order valence-corrected chi connectivity index (χ4v) is 5.78. The lowest BCUT2D eigenvalue weighted by Gasteiger charge is -2.58. The minimum Gasteiger partial charge on any atom is -0.458 e. The zero-order valence-corrected chi connectivity index (χ0v) is 14.9. The molecule has 0 radical (unpaired) electrons. The molecule has 0 aromatic carbocycles. The van der Waals surface area contributed by atoms with Crippen molar-refractivity contribution in [2.45, 2.75) is 65.1 Å². The van der Waals surface area contributed by atoms with Gasteiger partial charge in [-0.3, -0.25) is 0 Å². The van der Waals surface area contributed by atoms with Crippen LogP contribution in [0.5, 0.6) is 0 Å². The summed E-state index contributed by atoms with van der Waals surface area (Å²) >= 11 is 0. The monoisotopic (exact) mass is 332 g/mol. The van der Waals surface area contributed by atoms with E-state index in [1.807, 2.05) is 6.08 Å². The van der Waals surface area contributed by atoms with Crippen LogP contribution in [0, 0.1) is 16.7 Å². The maximum atomic E-state index is 11.9. The van der Waals surface area contributed by atoms with Gasteiger partial charge in [0.1, 0.15) is 6.61 Å². The lowest BCUT2D eigenvalue weighted by atomic mass is 9.48. The number of carbonyl (C=O) groups excluding carboxylic acids is 1. The minimum atomic E-state index is -0.221. The fourth-order valence-electron chi connectivity index (χ4n) is 5.78. The number of aliphatic hydroxyl groups excluding tert-OH is 1. The summed E-state index contributed by atoms with van der Waals surface area (Å²) in [6.45, 7) is 7.83. The second-order valence-corrected chi connectivity index (χ2v) is 8.73. The summed E-state index contributed by atoms with van der Waals surface area (Å²) in [5.41, 5.74) is 3.67. The van der Waals surface area contributed by atoms with Gasteiger partial charge in [0.2, 0.25) is 0 Å². The van der Waals surface area contributed by atoms with Crippen molar-refractivity contribution in [1.82, 2.24) is 0 Å². The van der Waals surface area contributed by atoms with Gasteiger partial charge >= 0.3 is 5.97 Å². The van der Waals surface area contributed by atoms with E-state index in [4.69, 9.17) is 9.47 Å². The summed E-state index contributed by atoms with van der Waals surface area (Å²) < 4.78 is 11.1. The van der Waals surface area contributed by atoms with Crippen LogP contribution in [0.1, 0.15) is 52.9 Å². The smallest absolute Gasteiger partial charge is 0.336 e. The predicted octanol–water partition coefficient (Wildman–Crippen LogP) is 3.15. The Kier molecular flexibility index (Phi) is 3.70. The van der Waals surface area contributed by atoms with E-state index in [9.17, 15) is 9.90 Å². The van der Waals surface area contributed by atoms with Gasteiger partial charge in [-0.25, -0.2) is 4.79 Å². The number of esters is 1. The van der Waals surface area contributed by atoms with Gasteiger partial charge in [-0.1, -0.05) is 26.3 Å². The Morgan fingerprint density at radius 1 is 1.25 bits per heavy atom. The highest BCUT2D eigenvalue weighted by molar-refractivity contribution is 5.91. The average molecular weight is 332 g/mol. The van der Waals surface area contributed by atoms with E-state index >= 15 is 0 Å². The van der Waals surface area contributed by atoms with Gasteiger partial charge in [0.05, 0.1) is 24.4 Å². The maximum Gasteiger partial charge on any atom is 0.336 e. The normalized spacial score (nSPS) is 41.4. The van der Waals surface area contributed by atoms with Crippen molar-refractivity contribution in [2.24, 2.45) is 16.7 Å². The number of ether oxygens (including phenoxy) is 2. The second-order valence-electron chi connectivity index (χ2n) is 8.73. The average Bonchev–Trinajstić information content (AvgIpc) is 2.97. The third-order valence-corrected chi connectivity index (χ3v) is 7.26. The summed E-state index contributed by atoms with van der Waals surface area (Å²) in [6, 6.07) is 0. The molecule has 0 unspecified atom stereocenters. The van der Waals surface area contributed by atoms with Gasteiger partial charge < -0.3 is 14.6 Å². The number of fused-ring (bicyclic) bond motifs is 2. The van der Waals surface area contributed by atoms with Gasteiger partial charge in [-0.2, -0.15) is 0 Å². The first-order valence-electron chi connectivity index (χ1n) is 9.22.